The molecule has 1 saturated heterocycles. The normalized spacial score (nSPS) is 15.5. The Morgan fingerprint density at radius 3 is 2.34 bits per heavy atom. The van der Waals surface area contributed by atoms with Gasteiger partial charge in [0, 0.05) is 29.4 Å². The van der Waals surface area contributed by atoms with Crippen molar-refractivity contribution in [1.82, 2.24) is 10.2 Å². The molecule has 0 bridgehead atoms. The van der Waals surface area contributed by atoms with Gasteiger partial charge in [-0.15, -0.1) is 10.2 Å². The zero-order valence-corrected chi connectivity index (χ0v) is 19.9. The third kappa shape index (κ3) is 5.78. The number of ether oxygens (including phenoxy) is 1. The van der Waals surface area contributed by atoms with E-state index in [0.717, 1.165) is 53.6 Å². The maximum atomic E-state index is 13.0. The van der Waals surface area contributed by atoms with Gasteiger partial charge in [-0.2, -0.15) is 0 Å². The number of rotatable bonds is 6. The standard InChI is InChI=1S/C28H25ClN4O2/c29-22-10-8-20(9-11-22)26-16-17-27(32-31-26)33-18-4-5-21(19-33)28(34)30-23-12-14-25(15-13-23)35-24-6-2-1-3-7-24/h1-3,6-17,21H,4-5,18-19H2,(H,30,34). The summed E-state index contributed by atoms with van der Waals surface area (Å²) >= 11 is 5.97. The van der Waals surface area contributed by atoms with Crippen LogP contribution in [0.5, 0.6) is 11.5 Å². The Bertz CT molecular complexity index is 1260. The van der Waals surface area contributed by atoms with Crippen LogP contribution in [0.2, 0.25) is 5.02 Å². The fourth-order valence-corrected chi connectivity index (χ4v) is 4.27. The quantitative estimate of drug-likeness (QED) is 0.341. The van der Waals surface area contributed by atoms with Gasteiger partial charge in [0.25, 0.3) is 0 Å². The minimum absolute atomic E-state index is 0.0113. The van der Waals surface area contributed by atoms with Crippen LogP contribution in [-0.2, 0) is 4.79 Å². The molecule has 1 N–H and O–H groups in total. The van der Waals surface area contributed by atoms with Crippen LogP contribution in [0.3, 0.4) is 0 Å². The van der Waals surface area contributed by atoms with Crippen LogP contribution >= 0.6 is 11.6 Å². The molecular formula is C28H25ClN4O2. The maximum Gasteiger partial charge on any atom is 0.229 e. The van der Waals surface area contributed by atoms with E-state index >= 15 is 0 Å². The van der Waals surface area contributed by atoms with Gasteiger partial charge in [-0.25, -0.2) is 0 Å². The molecule has 5 rings (SSSR count). The molecule has 0 radical (unpaired) electrons. The number of hydrogen-bond donors (Lipinski definition) is 1. The number of anilines is 2. The molecule has 0 spiro atoms. The van der Waals surface area contributed by atoms with Crippen LogP contribution < -0.4 is 15.0 Å². The Morgan fingerprint density at radius 2 is 1.63 bits per heavy atom. The third-order valence-electron chi connectivity index (χ3n) is 6.01. The highest BCUT2D eigenvalue weighted by Gasteiger charge is 2.27. The predicted molar refractivity (Wildman–Crippen MR) is 139 cm³/mol. The van der Waals surface area contributed by atoms with Crippen molar-refractivity contribution in [3.63, 3.8) is 0 Å². The molecule has 1 unspecified atom stereocenters. The Hall–Kier alpha value is -3.90. The van der Waals surface area contributed by atoms with Gasteiger partial charge in [-0.1, -0.05) is 41.9 Å². The van der Waals surface area contributed by atoms with E-state index in [1.165, 1.54) is 0 Å². The zero-order valence-electron chi connectivity index (χ0n) is 19.1. The second kappa shape index (κ2) is 10.6. The van der Waals surface area contributed by atoms with E-state index in [9.17, 15) is 4.79 Å². The molecule has 1 aliphatic rings. The van der Waals surface area contributed by atoms with Gasteiger partial charge in [0.15, 0.2) is 5.82 Å². The molecule has 1 aliphatic heterocycles. The Labute approximate surface area is 209 Å². The summed E-state index contributed by atoms with van der Waals surface area (Å²) in [5.41, 5.74) is 2.50. The number of carbonyl (C=O) groups excluding carboxylic acids is 1. The topological polar surface area (TPSA) is 67.3 Å². The van der Waals surface area contributed by atoms with Crippen LogP contribution in [0.25, 0.3) is 11.3 Å². The molecular weight excluding hydrogens is 460 g/mol. The van der Waals surface area contributed by atoms with Gasteiger partial charge < -0.3 is 15.0 Å². The lowest BCUT2D eigenvalue weighted by atomic mass is 9.97. The first-order chi connectivity index (χ1) is 17.1. The number of amides is 1. The van der Waals surface area contributed by atoms with Crippen molar-refractivity contribution in [3.8, 4) is 22.8 Å². The van der Waals surface area contributed by atoms with Gasteiger partial charge in [-0.05, 0) is 73.5 Å². The van der Waals surface area contributed by atoms with Gasteiger partial charge in [-0.3, -0.25) is 4.79 Å². The smallest absolute Gasteiger partial charge is 0.229 e. The SMILES string of the molecule is O=C(Nc1ccc(Oc2ccccc2)cc1)C1CCCN(c2ccc(-c3ccc(Cl)cc3)nn2)C1. The van der Waals surface area contributed by atoms with Crippen molar-refractivity contribution >= 4 is 29.0 Å². The van der Waals surface area contributed by atoms with Crippen molar-refractivity contribution < 1.29 is 9.53 Å². The van der Waals surface area contributed by atoms with Crippen LogP contribution in [0, 0.1) is 5.92 Å². The minimum atomic E-state index is -0.123. The third-order valence-corrected chi connectivity index (χ3v) is 6.26. The number of aromatic nitrogens is 2. The van der Waals surface area contributed by atoms with Gasteiger partial charge in [0.1, 0.15) is 11.5 Å². The summed E-state index contributed by atoms with van der Waals surface area (Å²) in [4.78, 5) is 15.1. The number of nitrogens with zero attached hydrogens (tertiary/aromatic N) is 3. The Balaban J connectivity index is 1.18. The summed E-state index contributed by atoms with van der Waals surface area (Å²) in [6, 6.07) is 28.5. The first-order valence-electron chi connectivity index (χ1n) is 11.6. The number of hydrogen-bond acceptors (Lipinski definition) is 5. The highest BCUT2D eigenvalue weighted by Crippen LogP contribution is 2.26. The number of carbonyl (C=O) groups is 1. The van der Waals surface area contributed by atoms with Gasteiger partial charge in [0.05, 0.1) is 11.6 Å². The van der Waals surface area contributed by atoms with Crippen LogP contribution in [0.1, 0.15) is 12.8 Å². The molecule has 1 atom stereocenters. The monoisotopic (exact) mass is 484 g/mol. The Morgan fingerprint density at radius 1 is 0.886 bits per heavy atom. The fourth-order valence-electron chi connectivity index (χ4n) is 4.14. The lowest BCUT2D eigenvalue weighted by Gasteiger charge is -2.32. The molecule has 1 fully saturated rings. The first-order valence-corrected chi connectivity index (χ1v) is 12.0. The van der Waals surface area contributed by atoms with Crippen molar-refractivity contribution in [2.75, 3.05) is 23.3 Å². The summed E-state index contributed by atoms with van der Waals surface area (Å²) in [5, 5.41) is 12.5. The van der Waals surface area contributed by atoms with Crippen molar-refractivity contribution in [2.24, 2.45) is 5.92 Å². The average molecular weight is 485 g/mol. The highest BCUT2D eigenvalue weighted by molar-refractivity contribution is 6.30. The van der Waals surface area contributed by atoms with Gasteiger partial charge >= 0.3 is 0 Å². The van der Waals surface area contributed by atoms with Crippen molar-refractivity contribution in [2.45, 2.75) is 12.8 Å². The van der Waals surface area contributed by atoms with E-state index in [2.05, 4.69) is 20.4 Å². The number of halogens is 1. The second-order valence-electron chi connectivity index (χ2n) is 8.50. The second-order valence-corrected chi connectivity index (χ2v) is 8.93. The molecule has 3 aromatic carbocycles. The molecule has 6 nitrogen and oxygen atoms in total. The molecule has 0 saturated carbocycles. The van der Waals surface area contributed by atoms with E-state index in [-0.39, 0.29) is 11.8 Å². The summed E-state index contributed by atoms with van der Waals surface area (Å²) < 4.78 is 5.82. The number of nitrogens with one attached hydrogen (secondary N) is 1. The number of piperidine rings is 1. The summed E-state index contributed by atoms with van der Waals surface area (Å²) in [7, 11) is 0. The number of benzene rings is 3. The van der Waals surface area contributed by atoms with Crippen LogP contribution in [0.4, 0.5) is 11.5 Å². The summed E-state index contributed by atoms with van der Waals surface area (Å²) in [6.07, 6.45) is 1.76. The molecule has 2 heterocycles. The van der Waals surface area contributed by atoms with Crippen molar-refractivity contribution in [3.05, 3.63) is 96.0 Å². The molecule has 4 aromatic rings. The maximum absolute atomic E-state index is 13.0. The van der Waals surface area contributed by atoms with Gasteiger partial charge in [0.2, 0.25) is 5.91 Å². The van der Waals surface area contributed by atoms with Crippen molar-refractivity contribution in [1.29, 1.82) is 0 Å². The zero-order chi connectivity index (χ0) is 24.0. The van der Waals surface area contributed by atoms with E-state index in [1.807, 2.05) is 91.0 Å². The highest BCUT2D eigenvalue weighted by atomic mass is 35.5. The number of para-hydroxylation sites is 1. The largest absolute Gasteiger partial charge is 0.457 e. The molecule has 1 amide bonds. The minimum Gasteiger partial charge on any atom is -0.457 e. The first kappa shape index (κ1) is 22.9. The molecule has 0 aliphatic carbocycles. The average Bonchev–Trinajstić information content (AvgIpc) is 2.91. The van der Waals surface area contributed by atoms with Crippen LogP contribution in [0.15, 0.2) is 91.0 Å². The van der Waals surface area contributed by atoms with Crippen LogP contribution in [-0.4, -0.2) is 29.2 Å². The molecule has 35 heavy (non-hydrogen) atoms. The lowest BCUT2D eigenvalue weighted by molar-refractivity contribution is -0.120. The van der Waals surface area contributed by atoms with E-state index in [1.54, 1.807) is 0 Å². The summed E-state index contributed by atoms with van der Waals surface area (Å²) in [5.74, 6) is 2.16. The molecule has 176 valence electrons. The molecule has 7 heteroatoms. The van der Waals surface area contributed by atoms with E-state index < -0.39 is 0 Å². The van der Waals surface area contributed by atoms with E-state index in [0.29, 0.717) is 11.6 Å². The van der Waals surface area contributed by atoms with E-state index in [4.69, 9.17) is 16.3 Å². The molecule has 1 aromatic heterocycles. The summed E-state index contributed by atoms with van der Waals surface area (Å²) in [6.45, 7) is 1.46. The predicted octanol–water partition coefficient (Wildman–Crippen LogP) is 6.44. The lowest BCUT2D eigenvalue weighted by Crippen LogP contribution is -2.41. The Kier molecular flexibility index (Phi) is 6.91. The fraction of sp³-hybridized carbons (Fsp3) is 0.179.